The van der Waals surface area contributed by atoms with E-state index < -0.39 is 25.0 Å². The van der Waals surface area contributed by atoms with Gasteiger partial charge in [0.15, 0.2) is 0 Å². The Hall–Kier alpha value is -1.52. The van der Waals surface area contributed by atoms with E-state index in [4.69, 9.17) is 0 Å². The molecule has 0 aliphatic carbocycles. The van der Waals surface area contributed by atoms with Crippen LogP contribution in [0.3, 0.4) is 0 Å². The molecule has 1 amide bonds. The third-order valence-corrected chi connectivity index (χ3v) is 1.73. The summed E-state index contributed by atoms with van der Waals surface area (Å²) >= 11 is 0. The number of hydrogen-bond donors (Lipinski definition) is 1. The topological polar surface area (TPSA) is 29.1 Å². The quantitative estimate of drug-likeness (QED) is 0.827. The number of carbonyl (C=O) groups is 1. The molecule has 5 heteroatoms. The van der Waals surface area contributed by atoms with Gasteiger partial charge in [-0.05, 0) is 12.1 Å². The maximum absolute atomic E-state index is 11.8. The SMILES string of the molecule is O=C(NCCC(F)(F)F)c1ccccc1. The Kier molecular flexibility index (Phi) is 3.71. The van der Waals surface area contributed by atoms with Gasteiger partial charge < -0.3 is 5.32 Å². The lowest BCUT2D eigenvalue weighted by Gasteiger charge is -2.07. The fourth-order valence-electron chi connectivity index (χ4n) is 1.01. The Morgan fingerprint density at radius 2 is 1.80 bits per heavy atom. The summed E-state index contributed by atoms with van der Waals surface area (Å²) in [6, 6.07) is 8.12. The van der Waals surface area contributed by atoms with E-state index in [-0.39, 0.29) is 0 Å². The molecule has 0 fully saturated rings. The second-order valence-corrected chi connectivity index (χ2v) is 2.99. The lowest BCUT2D eigenvalue weighted by atomic mass is 10.2. The number of nitrogens with one attached hydrogen (secondary N) is 1. The van der Waals surface area contributed by atoms with Gasteiger partial charge in [-0.25, -0.2) is 0 Å². The zero-order valence-electron chi connectivity index (χ0n) is 7.84. The van der Waals surface area contributed by atoms with Crippen LogP contribution >= 0.6 is 0 Å². The first-order valence-electron chi connectivity index (χ1n) is 4.39. The maximum Gasteiger partial charge on any atom is 0.390 e. The molecule has 0 aromatic heterocycles. The van der Waals surface area contributed by atoms with Crippen LogP contribution in [0.4, 0.5) is 13.2 Å². The van der Waals surface area contributed by atoms with E-state index in [1.165, 1.54) is 0 Å². The molecule has 0 saturated carbocycles. The third kappa shape index (κ3) is 4.49. The monoisotopic (exact) mass is 217 g/mol. The number of hydrogen-bond acceptors (Lipinski definition) is 1. The highest BCUT2D eigenvalue weighted by Crippen LogP contribution is 2.18. The molecule has 0 radical (unpaired) electrons. The predicted molar refractivity (Wildman–Crippen MR) is 49.4 cm³/mol. The lowest BCUT2D eigenvalue weighted by Crippen LogP contribution is -2.27. The van der Waals surface area contributed by atoms with Gasteiger partial charge in [0.25, 0.3) is 5.91 Å². The summed E-state index contributed by atoms with van der Waals surface area (Å²) < 4.78 is 35.3. The van der Waals surface area contributed by atoms with Gasteiger partial charge in [0, 0.05) is 12.1 Å². The minimum Gasteiger partial charge on any atom is -0.352 e. The van der Waals surface area contributed by atoms with Crippen LogP contribution in [0, 0.1) is 0 Å². The molecule has 0 heterocycles. The average molecular weight is 217 g/mol. The summed E-state index contributed by atoms with van der Waals surface area (Å²) in [5.74, 6) is -0.486. The molecule has 0 bridgehead atoms. The number of alkyl halides is 3. The number of rotatable bonds is 3. The summed E-state index contributed by atoms with van der Waals surface area (Å²) in [6.45, 7) is -0.392. The van der Waals surface area contributed by atoms with Crippen molar-refractivity contribution in [1.29, 1.82) is 0 Å². The Morgan fingerprint density at radius 3 is 2.33 bits per heavy atom. The van der Waals surface area contributed by atoms with Gasteiger partial charge in [-0.15, -0.1) is 0 Å². The molecule has 1 rings (SSSR count). The molecule has 1 N–H and O–H groups in total. The second kappa shape index (κ2) is 4.82. The Bertz CT molecular complexity index is 321. The summed E-state index contributed by atoms with van der Waals surface area (Å²) in [7, 11) is 0. The van der Waals surface area contributed by atoms with E-state index in [0.29, 0.717) is 5.56 Å². The molecule has 82 valence electrons. The highest BCUT2D eigenvalue weighted by atomic mass is 19.4. The van der Waals surface area contributed by atoms with Crippen molar-refractivity contribution in [1.82, 2.24) is 5.32 Å². The number of amides is 1. The first kappa shape index (κ1) is 11.6. The minimum atomic E-state index is -4.23. The molecule has 1 aromatic carbocycles. The van der Waals surface area contributed by atoms with Gasteiger partial charge in [0.2, 0.25) is 0 Å². The number of carbonyl (C=O) groups excluding carboxylic acids is 1. The molecule has 2 nitrogen and oxygen atoms in total. The Labute approximate surface area is 85.1 Å². The fourth-order valence-corrected chi connectivity index (χ4v) is 1.01. The van der Waals surface area contributed by atoms with Crippen LogP contribution in [0.1, 0.15) is 16.8 Å². The molecular weight excluding hydrogens is 207 g/mol. The van der Waals surface area contributed by atoms with Crippen molar-refractivity contribution in [2.24, 2.45) is 0 Å². The van der Waals surface area contributed by atoms with Crippen molar-refractivity contribution in [3.8, 4) is 0 Å². The van der Waals surface area contributed by atoms with Gasteiger partial charge in [0.1, 0.15) is 0 Å². The van der Waals surface area contributed by atoms with Gasteiger partial charge in [-0.2, -0.15) is 13.2 Å². The summed E-state index contributed by atoms with van der Waals surface area (Å²) in [4.78, 5) is 11.3. The van der Waals surface area contributed by atoms with Crippen molar-refractivity contribution in [3.05, 3.63) is 35.9 Å². The van der Waals surface area contributed by atoms with Crippen molar-refractivity contribution in [2.45, 2.75) is 12.6 Å². The van der Waals surface area contributed by atoms with Crippen molar-refractivity contribution in [3.63, 3.8) is 0 Å². The zero-order chi connectivity index (χ0) is 11.3. The van der Waals surface area contributed by atoms with E-state index in [9.17, 15) is 18.0 Å². The molecule has 0 atom stereocenters. The van der Waals surface area contributed by atoms with Gasteiger partial charge >= 0.3 is 6.18 Å². The van der Waals surface area contributed by atoms with Crippen LogP contribution in [-0.2, 0) is 0 Å². The minimum absolute atomic E-state index is 0.361. The fraction of sp³-hybridized carbons (Fsp3) is 0.300. The summed E-state index contributed by atoms with van der Waals surface area (Å²) in [5.41, 5.74) is 0.361. The first-order chi connectivity index (χ1) is 6.99. The molecule has 1 aromatic rings. The van der Waals surface area contributed by atoms with Crippen LogP contribution in [0.15, 0.2) is 30.3 Å². The van der Waals surface area contributed by atoms with Crippen LogP contribution in [0.25, 0.3) is 0 Å². The van der Waals surface area contributed by atoms with E-state index in [0.717, 1.165) is 0 Å². The standard InChI is InChI=1S/C10H10F3NO/c11-10(12,13)6-7-14-9(15)8-4-2-1-3-5-8/h1-5H,6-7H2,(H,14,15). The molecule has 0 saturated heterocycles. The normalized spacial score (nSPS) is 11.1. The van der Waals surface area contributed by atoms with E-state index in [2.05, 4.69) is 5.32 Å². The molecule has 0 aliphatic rings. The zero-order valence-corrected chi connectivity index (χ0v) is 7.84. The van der Waals surface area contributed by atoms with Crippen LogP contribution in [0.2, 0.25) is 0 Å². The van der Waals surface area contributed by atoms with Crippen LogP contribution in [0.5, 0.6) is 0 Å². The second-order valence-electron chi connectivity index (χ2n) is 2.99. The van der Waals surface area contributed by atoms with E-state index >= 15 is 0 Å². The largest absolute Gasteiger partial charge is 0.390 e. The smallest absolute Gasteiger partial charge is 0.352 e. The third-order valence-electron chi connectivity index (χ3n) is 1.73. The first-order valence-corrected chi connectivity index (χ1v) is 4.39. The van der Waals surface area contributed by atoms with Crippen molar-refractivity contribution < 1.29 is 18.0 Å². The van der Waals surface area contributed by atoms with Crippen molar-refractivity contribution in [2.75, 3.05) is 6.54 Å². The lowest BCUT2D eigenvalue weighted by molar-refractivity contribution is -0.132. The predicted octanol–water partition coefficient (Wildman–Crippen LogP) is 2.37. The molecule has 0 aliphatic heterocycles. The molecule has 15 heavy (non-hydrogen) atoms. The van der Waals surface area contributed by atoms with E-state index in [1.807, 2.05) is 0 Å². The molecule has 0 unspecified atom stereocenters. The van der Waals surface area contributed by atoms with Crippen LogP contribution < -0.4 is 5.32 Å². The Balaban J connectivity index is 2.38. The highest BCUT2D eigenvalue weighted by Gasteiger charge is 2.26. The summed E-state index contributed by atoms with van der Waals surface area (Å²) in [5, 5.41) is 2.20. The van der Waals surface area contributed by atoms with Crippen LogP contribution in [-0.4, -0.2) is 18.6 Å². The molecule has 0 spiro atoms. The highest BCUT2D eigenvalue weighted by molar-refractivity contribution is 5.94. The Morgan fingerprint density at radius 1 is 1.20 bits per heavy atom. The van der Waals surface area contributed by atoms with Gasteiger partial charge in [-0.1, -0.05) is 18.2 Å². The van der Waals surface area contributed by atoms with Gasteiger partial charge in [-0.3, -0.25) is 4.79 Å². The summed E-state index contributed by atoms with van der Waals surface area (Å²) in [6.07, 6.45) is -5.24. The van der Waals surface area contributed by atoms with Crippen molar-refractivity contribution >= 4 is 5.91 Å². The number of benzene rings is 1. The van der Waals surface area contributed by atoms with E-state index in [1.54, 1.807) is 30.3 Å². The molecular formula is C10H10F3NO. The maximum atomic E-state index is 11.8. The number of halogens is 3. The van der Waals surface area contributed by atoms with Gasteiger partial charge in [0.05, 0.1) is 6.42 Å². The average Bonchev–Trinajstić information content (AvgIpc) is 2.17.